The quantitative estimate of drug-likeness (QED) is 0.832. The molecule has 0 saturated heterocycles. The Hall–Kier alpha value is -1.88. The van der Waals surface area contributed by atoms with Gasteiger partial charge in [-0.1, -0.05) is 43.3 Å². The third kappa shape index (κ3) is 3.24. The number of nitrogens with two attached hydrogens (primary N) is 1. The van der Waals surface area contributed by atoms with E-state index in [0.29, 0.717) is 11.6 Å². The number of rotatable bonds is 3. The lowest BCUT2D eigenvalue weighted by atomic mass is 9.95. The molecule has 2 aromatic carbocycles. The highest BCUT2D eigenvalue weighted by Crippen LogP contribution is 2.34. The van der Waals surface area contributed by atoms with E-state index in [0.717, 1.165) is 12.0 Å². The molecule has 1 nitrogen and oxygen atoms in total. The number of benzene rings is 2. The van der Waals surface area contributed by atoms with Gasteiger partial charge in [0, 0.05) is 5.56 Å². The second-order valence-corrected chi connectivity index (χ2v) is 4.78. The predicted octanol–water partition coefficient (Wildman–Crippen LogP) is 4.46. The van der Waals surface area contributed by atoms with Crippen molar-refractivity contribution in [3.05, 3.63) is 70.5 Å². The number of hydrogen-bond acceptors (Lipinski definition) is 1. The lowest BCUT2D eigenvalue weighted by Crippen LogP contribution is -2.17. The van der Waals surface area contributed by atoms with Gasteiger partial charge in [-0.05, 0) is 23.6 Å². The third-order valence-corrected chi connectivity index (χ3v) is 3.39. The smallest absolute Gasteiger partial charge is 0.320 e. The number of alkyl halides is 3. The van der Waals surface area contributed by atoms with Gasteiger partial charge in [-0.3, -0.25) is 0 Å². The fraction of sp³-hybridized carbons (Fsp3) is 0.250. The molecule has 0 saturated carbocycles. The summed E-state index contributed by atoms with van der Waals surface area (Å²) in [5.74, 6) is -1.31. The number of halogens is 4. The summed E-state index contributed by atoms with van der Waals surface area (Å²) in [6, 6.07) is 9.36. The molecule has 0 fully saturated rings. The van der Waals surface area contributed by atoms with Crippen molar-refractivity contribution in [1.29, 1.82) is 0 Å². The Morgan fingerprint density at radius 3 is 2.38 bits per heavy atom. The molecule has 0 aliphatic rings. The van der Waals surface area contributed by atoms with Gasteiger partial charge in [-0.15, -0.1) is 0 Å². The minimum absolute atomic E-state index is 0.155. The van der Waals surface area contributed by atoms with Crippen LogP contribution in [0.15, 0.2) is 42.5 Å². The van der Waals surface area contributed by atoms with Crippen molar-refractivity contribution in [2.45, 2.75) is 25.6 Å². The zero-order valence-corrected chi connectivity index (χ0v) is 11.4. The molecule has 1 unspecified atom stereocenters. The Morgan fingerprint density at radius 2 is 1.76 bits per heavy atom. The Kier molecular flexibility index (Phi) is 4.32. The van der Waals surface area contributed by atoms with E-state index in [1.807, 2.05) is 13.0 Å². The summed E-state index contributed by atoms with van der Waals surface area (Å²) >= 11 is 0. The van der Waals surface area contributed by atoms with Gasteiger partial charge in [-0.25, -0.2) is 4.39 Å². The normalized spacial score (nSPS) is 13.2. The Balaban J connectivity index is 2.46. The van der Waals surface area contributed by atoms with E-state index in [4.69, 9.17) is 5.73 Å². The molecule has 0 radical (unpaired) electrons. The monoisotopic (exact) mass is 297 g/mol. The lowest BCUT2D eigenvalue weighted by Gasteiger charge is -2.17. The summed E-state index contributed by atoms with van der Waals surface area (Å²) in [7, 11) is 0. The highest BCUT2D eigenvalue weighted by atomic mass is 19.4. The molecule has 0 bridgehead atoms. The van der Waals surface area contributed by atoms with Gasteiger partial charge in [0.15, 0.2) is 0 Å². The van der Waals surface area contributed by atoms with Gasteiger partial charge < -0.3 is 5.73 Å². The Bertz CT molecular complexity index is 634. The van der Waals surface area contributed by atoms with Crippen LogP contribution in [0, 0.1) is 5.82 Å². The van der Waals surface area contributed by atoms with E-state index in [1.165, 1.54) is 12.1 Å². The SMILES string of the molecule is CCc1cccc(C(N)c2cccc(C(F)(F)F)c2F)c1. The molecule has 5 heteroatoms. The molecule has 0 spiro atoms. The fourth-order valence-electron chi connectivity index (χ4n) is 2.20. The molecule has 21 heavy (non-hydrogen) atoms. The van der Waals surface area contributed by atoms with Crippen molar-refractivity contribution in [3.63, 3.8) is 0 Å². The van der Waals surface area contributed by atoms with E-state index in [-0.39, 0.29) is 5.56 Å². The minimum Gasteiger partial charge on any atom is -0.320 e. The Morgan fingerprint density at radius 1 is 1.10 bits per heavy atom. The molecule has 2 aromatic rings. The van der Waals surface area contributed by atoms with Gasteiger partial charge in [0.25, 0.3) is 0 Å². The molecule has 1 atom stereocenters. The van der Waals surface area contributed by atoms with Crippen molar-refractivity contribution in [2.75, 3.05) is 0 Å². The van der Waals surface area contributed by atoms with Gasteiger partial charge in [0.2, 0.25) is 0 Å². The van der Waals surface area contributed by atoms with Crippen LogP contribution in [0.4, 0.5) is 17.6 Å². The van der Waals surface area contributed by atoms with Crippen LogP contribution in [0.3, 0.4) is 0 Å². The maximum absolute atomic E-state index is 14.1. The molecule has 2 rings (SSSR count). The van der Waals surface area contributed by atoms with Crippen LogP contribution in [0.2, 0.25) is 0 Å². The molecule has 0 aliphatic carbocycles. The van der Waals surface area contributed by atoms with Crippen LogP contribution in [0.1, 0.15) is 35.2 Å². The van der Waals surface area contributed by atoms with Gasteiger partial charge >= 0.3 is 6.18 Å². The first kappa shape index (κ1) is 15.5. The van der Waals surface area contributed by atoms with Gasteiger partial charge in [-0.2, -0.15) is 13.2 Å². The first-order chi connectivity index (χ1) is 9.84. The van der Waals surface area contributed by atoms with Crippen LogP contribution in [-0.2, 0) is 12.6 Å². The van der Waals surface area contributed by atoms with Crippen LogP contribution in [0.5, 0.6) is 0 Å². The van der Waals surface area contributed by atoms with Crippen molar-refractivity contribution in [1.82, 2.24) is 0 Å². The fourth-order valence-corrected chi connectivity index (χ4v) is 2.20. The molecule has 0 heterocycles. The Labute approximate surface area is 120 Å². The van der Waals surface area contributed by atoms with E-state index in [9.17, 15) is 17.6 Å². The van der Waals surface area contributed by atoms with Crippen LogP contribution >= 0.6 is 0 Å². The van der Waals surface area contributed by atoms with Crippen molar-refractivity contribution >= 4 is 0 Å². The van der Waals surface area contributed by atoms with Crippen LogP contribution < -0.4 is 5.73 Å². The number of hydrogen-bond donors (Lipinski definition) is 1. The molecule has 0 aliphatic heterocycles. The second kappa shape index (κ2) is 5.85. The summed E-state index contributed by atoms with van der Waals surface area (Å²) < 4.78 is 52.3. The standard InChI is InChI=1S/C16H15F4N/c1-2-10-5-3-6-11(9-10)15(21)12-7-4-8-13(14(12)17)16(18,19)20/h3-9,15H,2,21H2,1H3. The summed E-state index contributed by atoms with van der Waals surface area (Å²) in [5, 5.41) is 0. The van der Waals surface area contributed by atoms with Crippen LogP contribution in [0.25, 0.3) is 0 Å². The van der Waals surface area contributed by atoms with E-state index >= 15 is 0 Å². The maximum atomic E-state index is 14.1. The van der Waals surface area contributed by atoms with E-state index in [2.05, 4.69) is 0 Å². The van der Waals surface area contributed by atoms with Gasteiger partial charge in [0.05, 0.1) is 11.6 Å². The third-order valence-electron chi connectivity index (χ3n) is 3.39. The van der Waals surface area contributed by atoms with E-state index < -0.39 is 23.6 Å². The van der Waals surface area contributed by atoms with E-state index in [1.54, 1.807) is 18.2 Å². The largest absolute Gasteiger partial charge is 0.419 e. The molecule has 0 amide bonds. The minimum atomic E-state index is -4.73. The number of aryl methyl sites for hydroxylation is 1. The molecule has 112 valence electrons. The van der Waals surface area contributed by atoms with Crippen molar-refractivity contribution in [3.8, 4) is 0 Å². The maximum Gasteiger partial charge on any atom is 0.419 e. The average molecular weight is 297 g/mol. The summed E-state index contributed by atoms with van der Waals surface area (Å²) in [5.41, 5.74) is 6.09. The molecule has 2 N–H and O–H groups in total. The summed E-state index contributed by atoms with van der Waals surface area (Å²) in [6.45, 7) is 1.95. The zero-order chi connectivity index (χ0) is 15.6. The first-order valence-corrected chi connectivity index (χ1v) is 6.54. The summed E-state index contributed by atoms with van der Waals surface area (Å²) in [4.78, 5) is 0. The second-order valence-electron chi connectivity index (χ2n) is 4.78. The topological polar surface area (TPSA) is 26.0 Å². The van der Waals surface area contributed by atoms with Crippen molar-refractivity contribution in [2.24, 2.45) is 5.73 Å². The average Bonchev–Trinajstić information content (AvgIpc) is 2.45. The molecular weight excluding hydrogens is 282 g/mol. The van der Waals surface area contributed by atoms with Crippen molar-refractivity contribution < 1.29 is 17.6 Å². The zero-order valence-electron chi connectivity index (χ0n) is 11.4. The first-order valence-electron chi connectivity index (χ1n) is 6.54. The molecule has 0 aromatic heterocycles. The predicted molar refractivity (Wildman–Crippen MR) is 73.3 cm³/mol. The van der Waals surface area contributed by atoms with Gasteiger partial charge in [0.1, 0.15) is 5.82 Å². The highest BCUT2D eigenvalue weighted by molar-refractivity contribution is 5.37. The summed E-state index contributed by atoms with van der Waals surface area (Å²) in [6.07, 6.45) is -3.96. The van der Waals surface area contributed by atoms with Crippen LogP contribution in [-0.4, -0.2) is 0 Å². The molecular formula is C16H15F4N. The highest BCUT2D eigenvalue weighted by Gasteiger charge is 2.35. The lowest BCUT2D eigenvalue weighted by molar-refractivity contribution is -0.140.